The number of hydrogen-bond acceptors (Lipinski definition) is 3. The molecule has 0 atom stereocenters. The lowest BCUT2D eigenvalue weighted by atomic mass is 9.99. The van der Waals surface area contributed by atoms with Gasteiger partial charge in [0.1, 0.15) is 0 Å². The van der Waals surface area contributed by atoms with Crippen LogP contribution in [0, 0.1) is 0 Å². The Balaban J connectivity index is 2.33. The van der Waals surface area contributed by atoms with Gasteiger partial charge in [-0.2, -0.15) is 0 Å². The fourth-order valence-corrected chi connectivity index (χ4v) is 2.47. The van der Waals surface area contributed by atoms with E-state index in [9.17, 15) is 19.8 Å². The molecule has 0 spiro atoms. The predicted molar refractivity (Wildman–Crippen MR) is 89.0 cm³/mol. The first-order valence-electron chi connectivity index (χ1n) is 7.20. The molecule has 1 aromatic heterocycles. The van der Waals surface area contributed by atoms with Gasteiger partial charge < -0.3 is 10.2 Å². The van der Waals surface area contributed by atoms with E-state index in [4.69, 9.17) is 0 Å². The van der Waals surface area contributed by atoms with Crippen LogP contribution in [0.25, 0.3) is 22.5 Å². The molecule has 5 heteroatoms. The SMILES string of the molecule is O=C(O)c1cc(C(=O)O)c(-c2ccccc2)nc1-c1ccccc1. The van der Waals surface area contributed by atoms with E-state index < -0.39 is 11.9 Å². The number of carbonyl (C=O) groups is 2. The Labute approximate surface area is 137 Å². The van der Waals surface area contributed by atoms with Crippen molar-refractivity contribution in [3.8, 4) is 22.5 Å². The molecule has 0 fully saturated rings. The molecular formula is C19H13NO4. The molecule has 2 N–H and O–H groups in total. The monoisotopic (exact) mass is 319 g/mol. The number of pyridine rings is 1. The van der Waals surface area contributed by atoms with Crippen LogP contribution in [0.2, 0.25) is 0 Å². The molecule has 0 aliphatic heterocycles. The van der Waals surface area contributed by atoms with Crippen molar-refractivity contribution in [3.05, 3.63) is 77.9 Å². The van der Waals surface area contributed by atoms with Crippen LogP contribution >= 0.6 is 0 Å². The Hall–Kier alpha value is -3.47. The standard InChI is InChI=1S/C19H13NO4/c21-18(22)14-11-15(19(23)24)17(13-9-5-2-6-10-13)20-16(14)12-7-3-1-4-8-12/h1-11H,(H,21,22)(H,23,24). The van der Waals surface area contributed by atoms with Crippen molar-refractivity contribution in [2.45, 2.75) is 0 Å². The Kier molecular flexibility index (Phi) is 4.07. The smallest absolute Gasteiger partial charge is 0.337 e. The minimum Gasteiger partial charge on any atom is -0.478 e. The van der Waals surface area contributed by atoms with Crippen LogP contribution in [0.5, 0.6) is 0 Å². The number of hydrogen-bond donors (Lipinski definition) is 2. The molecule has 0 amide bonds. The molecule has 3 rings (SSSR count). The van der Waals surface area contributed by atoms with Crippen molar-refractivity contribution >= 4 is 11.9 Å². The highest BCUT2D eigenvalue weighted by Crippen LogP contribution is 2.29. The van der Waals surface area contributed by atoms with Gasteiger partial charge in [-0.25, -0.2) is 14.6 Å². The molecule has 5 nitrogen and oxygen atoms in total. The summed E-state index contributed by atoms with van der Waals surface area (Å²) in [5.74, 6) is -2.44. The second-order valence-corrected chi connectivity index (χ2v) is 5.12. The van der Waals surface area contributed by atoms with Crippen molar-refractivity contribution in [1.29, 1.82) is 0 Å². The van der Waals surface area contributed by atoms with Gasteiger partial charge in [0.2, 0.25) is 0 Å². The predicted octanol–water partition coefficient (Wildman–Crippen LogP) is 3.81. The Morgan fingerprint density at radius 3 is 1.38 bits per heavy atom. The van der Waals surface area contributed by atoms with E-state index in [2.05, 4.69) is 4.98 Å². The highest BCUT2D eigenvalue weighted by atomic mass is 16.4. The average Bonchev–Trinajstić information content (AvgIpc) is 2.62. The Bertz CT molecular complexity index is 833. The summed E-state index contributed by atoms with van der Waals surface area (Å²) >= 11 is 0. The molecule has 0 aliphatic rings. The molecule has 1 heterocycles. The lowest BCUT2D eigenvalue weighted by Gasteiger charge is -2.12. The number of aromatic carboxylic acids is 2. The van der Waals surface area contributed by atoms with Gasteiger partial charge in [-0.1, -0.05) is 60.7 Å². The van der Waals surface area contributed by atoms with Crippen LogP contribution in [0.15, 0.2) is 66.7 Å². The summed E-state index contributed by atoms with van der Waals surface area (Å²) in [5, 5.41) is 18.9. The summed E-state index contributed by atoms with van der Waals surface area (Å²) in [6, 6.07) is 18.9. The third-order valence-electron chi connectivity index (χ3n) is 3.58. The second-order valence-electron chi connectivity index (χ2n) is 5.12. The fraction of sp³-hybridized carbons (Fsp3) is 0. The van der Waals surface area contributed by atoms with Crippen LogP contribution in [-0.2, 0) is 0 Å². The van der Waals surface area contributed by atoms with Crippen molar-refractivity contribution < 1.29 is 19.8 Å². The van der Waals surface area contributed by atoms with Gasteiger partial charge in [-0.3, -0.25) is 0 Å². The summed E-state index contributed by atoms with van der Waals surface area (Å²) in [5.41, 5.74) is 1.43. The van der Waals surface area contributed by atoms with Crippen molar-refractivity contribution in [2.24, 2.45) is 0 Å². The van der Waals surface area contributed by atoms with E-state index >= 15 is 0 Å². The second kappa shape index (κ2) is 6.34. The van der Waals surface area contributed by atoms with Crippen molar-refractivity contribution in [3.63, 3.8) is 0 Å². The Morgan fingerprint density at radius 2 is 1.04 bits per heavy atom. The number of benzene rings is 2. The van der Waals surface area contributed by atoms with Gasteiger partial charge in [0.25, 0.3) is 0 Å². The van der Waals surface area contributed by atoms with E-state index in [1.165, 1.54) is 6.07 Å². The zero-order valence-electron chi connectivity index (χ0n) is 12.5. The first-order chi connectivity index (χ1) is 11.6. The average molecular weight is 319 g/mol. The van der Waals surface area contributed by atoms with Crippen molar-refractivity contribution in [2.75, 3.05) is 0 Å². The van der Waals surface area contributed by atoms with Crippen LogP contribution in [0.3, 0.4) is 0 Å². The molecule has 24 heavy (non-hydrogen) atoms. The Morgan fingerprint density at radius 1 is 0.667 bits per heavy atom. The van der Waals surface area contributed by atoms with Gasteiger partial charge in [-0.05, 0) is 6.07 Å². The zero-order chi connectivity index (χ0) is 17.1. The first-order valence-corrected chi connectivity index (χ1v) is 7.20. The van der Waals surface area contributed by atoms with Crippen LogP contribution in [0.4, 0.5) is 0 Å². The molecule has 3 aromatic rings. The first kappa shape index (κ1) is 15.4. The molecule has 118 valence electrons. The van der Waals surface area contributed by atoms with Gasteiger partial charge >= 0.3 is 11.9 Å². The summed E-state index contributed by atoms with van der Waals surface area (Å²) in [6.45, 7) is 0. The molecule has 0 bridgehead atoms. The summed E-state index contributed by atoms with van der Waals surface area (Å²) < 4.78 is 0. The van der Waals surface area contributed by atoms with E-state index in [0.717, 1.165) is 0 Å². The van der Waals surface area contributed by atoms with E-state index in [-0.39, 0.29) is 22.5 Å². The maximum atomic E-state index is 11.6. The van der Waals surface area contributed by atoms with E-state index in [1.807, 2.05) is 12.1 Å². The maximum Gasteiger partial charge on any atom is 0.337 e. The van der Waals surface area contributed by atoms with Crippen LogP contribution in [-0.4, -0.2) is 27.1 Å². The number of carboxylic acids is 2. The molecule has 2 aromatic carbocycles. The lowest BCUT2D eigenvalue weighted by molar-refractivity contribution is 0.0696. The summed E-state index contributed by atoms with van der Waals surface area (Å²) in [7, 11) is 0. The molecule has 0 saturated carbocycles. The van der Waals surface area contributed by atoms with Crippen LogP contribution < -0.4 is 0 Å². The maximum absolute atomic E-state index is 11.6. The third kappa shape index (κ3) is 2.87. The number of aromatic nitrogens is 1. The highest BCUT2D eigenvalue weighted by Gasteiger charge is 2.22. The lowest BCUT2D eigenvalue weighted by Crippen LogP contribution is -2.09. The zero-order valence-corrected chi connectivity index (χ0v) is 12.5. The van der Waals surface area contributed by atoms with Gasteiger partial charge in [0.05, 0.1) is 22.5 Å². The fourth-order valence-electron chi connectivity index (χ4n) is 2.47. The normalized spacial score (nSPS) is 10.3. The number of rotatable bonds is 4. The van der Waals surface area contributed by atoms with Crippen molar-refractivity contribution in [1.82, 2.24) is 4.98 Å². The molecular weight excluding hydrogens is 306 g/mol. The highest BCUT2D eigenvalue weighted by molar-refractivity contribution is 6.02. The van der Waals surface area contributed by atoms with Gasteiger partial charge in [0, 0.05) is 11.1 Å². The van der Waals surface area contributed by atoms with Gasteiger partial charge in [-0.15, -0.1) is 0 Å². The summed E-state index contributed by atoms with van der Waals surface area (Å²) in [6.07, 6.45) is 0. The number of nitrogens with zero attached hydrogens (tertiary/aromatic N) is 1. The number of carboxylic acid groups (broad SMARTS) is 2. The topological polar surface area (TPSA) is 87.5 Å². The molecule has 0 saturated heterocycles. The minimum absolute atomic E-state index is 0.140. The van der Waals surface area contributed by atoms with Crippen LogP contribution in [0.1, 0.15) is 20.7 Å². The third-order valence-corrected chi connectivity index (χ3v) is 3.58. The van der Waals surface area contributed by atoms with Gasteiger partial charge in [0.15, 0.2) is 0 Å². The minimum atomic E-state index is -1.22. The largest absolute Gasteiger partial charge is 0.478 e. The molecule has 0 aliphatic carbocycles. The quantitative estimate of drug-likeness (QED) is 0.763. The van der Waals surface area contributed by atoms with E-state index in [0.29, 0.717) is 11.1 Å². The summed E-state index contributed by atoms with van der Waals surface area (Å²) in [4.78, 5) is 27.6. The molecule has 0 unspecified atom stereocenters. The molecule has 0 radical (unpaired) electrons. The van der Waals surface area contributed by atoms with E-state index in [1.54, 1.807) is 48.5 Å².